The van der Waals surface area contributed by atoms with Crippen LogP contribution in [0, 0.1) is 11.6 Å². The summed E-state index contributed by atoms with van der Waals surface area (Å²) in [6.45, 7) is 1.38. The monoisotopic (exact) mass is 264 g/mol. The predicted octanol–water partition coefficient (Wildman–Crippen LogP) is 2.75. The van der Waals surface area contributed by atoms with Crippen LogP contribution in [0.5, 0.6) is 0 Å². The molecule has 1 aromatic heterocycles. The van der Waals surface area contributed by atoms with E-state index in [-0.39, 0.29) is 17.2 Å². The number of benzene rings is 1. The molecule has 1 amide bonds. The van der Waals surface area contributed by atoms with Crippen molar-refractivity contribution in [2.75, 3.05) is 5.32 Å². The number of nitrogens with one attached hydrogen (secondary N) is 2. The lowest BCUT2D eigenvalue weighted by molar-refractivity contribution is 0.101. The fourth-order valence-electron chi connectivity index (χ4n) is 1.50. The topological polar surface area (TPSA) is 62.0 Å². The summed E-state index contributed by atoms with van der Waals surface area (Å²) in [5.41, 5.74) is 0.660. The minimum Gasteiger partial charge on any atom is -0.356 e. The second-order valence-electron chi connectivity index (χ2n) is 3.94. The molecule has 0 fully saturated rings. The second kappa shape index (κ2) is 5.01. The molecule has 0 atom stereocenters. The number of Topliss-reactive ketones (excluding diaryl/α,β-unsaturated/α-hetero) is 1. The number of rotatable bonds is 3. The molecule has 0 aliphatic heterocycles. The molecule has 1 aromatic carbocycles. The van der Waals surface area contributed by atoms with E-state index in [9.17, 15) is 18.4 Å². The maximum absolute atomic E-state index is 13.0. The maximum Gasteiger partial charge on any atom is 0.272 e. The molecule has 2 N–H and O–H groups in total. The number of aromatic amines is 1. The Balaban J connectivity index is 2.15. The molecular formula is C13H10F2N2O2. The maximum atomic E-state index is 13.0. The Morgan fingerprint density at radius 1 is 1.16 bits per heavy atom. The summed E-state index contributed by atoms with van der Waals surface area (Å²) >= 11 is 0. The molecule has 6 heteroatoms. The molecule has 0 unspecified atom stereocenters. The third kappa shape index (κ3) is 2.85. The van der Waals surface area contributed by atoms with Crippen LogP contribution in [0.25, 0.3) is 0 Å². The van der Waals surface area contributed by atoms with Crippen LogP contribution in [-0.4, -0.2) is 16.7 Å². The van der Waals surface area contributed by atoms with Gasteiger partial charge in [0.2, 0.25) is 0 Å². The minimum atomic E-state index is -1.05. The third-order valence-corrected chi connectivity index (χ3v) is 2.51. The number of amides is 1. The SMILES string of the molecule is CC(=O)c1c[nH]c(C(=O)Nc2ccc(F)c(F)c2)c1. The molecule has 19 heavy (non-hydrogen) atoms. The van der Waals surface area contributed by atoms with E-state index >= 15 is 0 Å². The van der Waals surface area contributed by atoms with Crippen LogP contribution >= 0.6 is 0 Å². The zero-order chi connectivity index (χ0) is 14.0. The van der Waals surface area contributed by atoms with Crippen LogP contribution in [0.4, 0.5) is 14.5 Å². The molecule has 2 aromatic rings. The largest absolute Gasteiger partial charge is 0.356 e. The number of aromatic nitrogens is 1. The van der Waals surface area contributed by atoms with E-state index in [1.54, 1.807) is 0 Å². The zero-order valence-electron chi connectivity index (χ0n) is 9.96. The number of hydrogen-bond acceptors (Lipinski definition) is 2. The average Bonchev–Trinajstić information content (AvgIpc) is 2.83. The smallest absolute Gasteiger partial charge is 0.272 e. The fourth-order valence-corrected chi connectivity index (χ4v) is 1.50. The summed E-state index contributed by atoms with van der Waals surface area (Å²) in [7, 11) is 0. The van der Waals surface area contributed by atoms with Crippen molar-refractivity contribution in [1.29, 1.82) is 0 Å². The van der Waals surface area contributed by atoms with E-state index in [2.05, 4.69) is 10.3 Å². The summed E-state index contributed by atoms with van der Waals surface area (Å²) in [5, 5.41) is 2.39. The highest BCUT2D eigenvalue weighted by Crippen LogP contribution is 2.14. The molecule has 0 aliphatic carbocycles. The van der Waals surface area contributed by atoms with Crippen molar-refractivity contribution in [1.82, 2.24) is 4.98 Å². The number of ketones is 1. The van der Waals surface area contributed by atoms with Crippen molar-refractivity contribution < 1.29 is 18.4 Å². The van der Waals surface area contributed by atoms with Gasteiger partial charge in [-0.3, -0.25) is 9.59 Å². The van der Waals surface area contributed by atoms with Crippen molar-refractivity contribution in [3.8, 4) is 0 Å². The van der Waals surface area contributed by atoms with Gasteiger partial charge in [0.15, 0.2) is 17.4 Å². The normalized spacial score (nSPS) is 10.3. The van der Waals surface area contributed by atoms with Gasteiger partial charge in [0.25, 0.3) is 5.91 Å². The Labute approximate surface area is 107 Å². The van der Waals surface area contributed by atoms with Gasteiger partial charge in [-0.1, -0.05) is 0 Å². The van der Waals surface area contributed by atoms with Gasteiger partial charge in [-0.2, -0.15) is 0 Å². The van der Waals surface area contributed by atoms with Crippen molar-refractivity contribution >= 4 is 17.4 Å². The average molecular weight is 264 g/mol. The second-order valence-corrected chi connectivity index (χ2v) is 3.94. The molecule has 0 bridgehead atoms. The Morgan fingerprint density at radius 3 is 2.47 bits per heavy atom. The highest BCUT2D eigenvalue weighted by molar-refractivity contribution is 6.05. The van der Waals surface area contributed by atoms with Gasteiger partial charge in [-0.05, 0) is 25.1 Å². The Kier molecular flexibility index (Phi) is 3.41. The summed E-state index contributed by atoms with van der Waals surface area (Å²) in [4.78, 5) is 25.5. The first-order chi connectivity index (χ1) is 8.97. The molecule has 0 aliphatic rings. The first-order valence-corrected chi connectivity index (χ1v) is 5.43. The van der Waals surface area contributed by atoms with Gasteiger partial charge in [0.05, 0.1) is 0 Å². The number of anilines is 1. The Hall–Kier alpha value is -2.50. The lowest BCUT2D eigenvalue weighted by atomic mass is 10.2. The van der Waals surface area contributed by atoms with E-state index in [1.165, 1.54) is 25.3 Å². The molecule has 0 spiro atoms. The number of carbonyl (C=O) groups excluding carboxylic acids is 2. The quantitative estimate of drug-likeness (QED) is 0.837. The lowest BCUT2D eigenvalue weighted by Gasteiger charge is -2.03. The number of carbonyl (C=O) groups is 2. The van der Waals surface area contributed by atoms with E-state index in [0.717, 1.165) is 12.1 Å². The highest BCUT2D eigenvalue weighted by Gasteiger charge is 2.12. The van der Waals surface area contributed by atoms with Crippen molar-refractivity contribution in [3.63, 3.8) is 0 Å². The molecule has 1 heterocycles. The predicted molar refractivity (Wildman–Crippen MR) is 65.1 cm³/mol. The zero-order valence-corrected chi connectivity index (χ0v) is 9.96. The number of hydrogen-bond donors (Lipinski definition) is 2. The van der Waals surface area contributed by atoms with Gasteiger partial charge in [0.1, 0.15) is 5.69 Å². The minimum absolute atomic E-state index is 0.128. The first-order valence-electron chi connectivity index (χ1n) is 5.43. The Morgan fingerprint density at radius 2 is 1.89 bits per heavy atom. The molecular weight excluding hydrogens is 254 g/mol. The van der Waals surface area contributed by atoms with Crippen LogP contribution in [0.3, 0.4) is 0 Å². The van der Waals surface area contributed by atoms with E-state index in [0.29, 0.717) is 5.56 Å². The van der Waals surface area contributed by atoms with Crippen molar-refractivity contribution in [3.05, 3.63) is 53.4 Å². The first kappa shape index (κ1) is 12.9. The highest BCUT2D eigenvalue weighted by atomic mass is 19.2. The van der Waals surface area contributed by atoms with Crippen LogP contribution in [-0.2, 0) is 0 Å². The van der Waals surface area contributed by atoms with E-state index < -0.39 is 17.5 Å². The fraction of sp³-hybridized carbons (Fsp3) is 0.0769. The van der Waals surface area contributed by atoms with Gasteiger partial charge in [-0.25, -0.2) is 8.78 Å². The standard InChI is InChI=1S/C13H10F2N2O2/c1-7(18)8-4-12(16-6-8)13(19)17-9-2-3-10(14)11(15)5-9/h2-6,16H,1H3,(H,17,19). The number of H-pyrrole nitrogens is 1. The van der Waals surface area contributed by atoms with E-state index in [1.807, 2.05) is 0 Å². The molecule has 0 radical (unpaired) electrons. The molecule has 98 valence electrons. The molecule has 0 saturated carbocycles. The lowest BCUT2D eigenvalue weighted by Crippen LogP contribution is -2.12. The molecule has 0 saturated heterocycles. The third-order valence-electron chi connectivity index (χ3n) is 2.51. The van der Waals surface area contributed by atoms with Gasteiger partial charge in [0, 0.05) is 23.5 Å². The summed E-state index contributed by atoms with van der Waals surface area (Å²) in [5.74, 6) is -2.76. The summed E-state index contributed by atoms with van der Waals surface area (Å²) < 4.78 is 25.7. The van der Waals surface area contributed by atoms with Gasteiger partial charge in [-0.15, -0.1) is 0 Å². The van der Waals surface area contributed by atoms with Crippen LogP contribution < -0.4 is 5.32 Å². The van der Waals surface area contributed by atoms with Crippen LogP contribution in [0.2, 0.25) is 0 Å². The molecule has 4 nitrogen and oxygen atoms in total. The number of halogens is 2. The Bertz CT molecular complexity index is 650. The van der Waals surface area contributed by atoms with E-state index in [4.69, 9.17) is 0 Å². The summed E-state index contributed by atoms with van der Waals surface area (Å²) in [6.07, 6.45) is 1.41. The van der Waals surface area contributed by atoms with Crippen LogP contribution in [0.15, 0.2) is 30.5 Å². The summed E-state index contributed by atoms with van der Waals surface area (Å²) in [6, 6.07) is 4.42. The van der Waals surface area contributed by atoms with Crippen LogP contribution in [0.1, 0.15) is 27.8 Å². The van der Waals surface area contributed by atoms with Gasteiger partial charge < -0.3 is 10.3 Å². The molecule has 2 rings (SSSR count). The van der Waals surface area contributed by atoms with Crippen molar-refractivity contribution in [2.45, 2.75) is 6.92 Å². The van der Waals surface area contributed by atoms with Gasteiger partial charge >= 0.3 is 0 Å². The van der Waals surface area contributed by atoms with Crippen molar-refractivity contribution in [2.24, 2.45) is 0 Å².